The second-order valence-corrected chi connectivity index (χ2v) is 4.39. The van der Waals surface area contributed by atoms with Gasteiger partial charge in [0.25, 0.3) is 10.2 Å². The first kappa shape index (κ1) is 8.92. The molecule has 1 rings (SSSR count). The summed E-state index contributed by atoms with van der Waals surface area (Å²) in [5.74, 6) is 5.82. The van der Waals surface area contributed by atoms with Gasteiger partial charge in [0, 0.05) is 6.54 Å². The van der Waals surface area contributed by atoms with Crippen molar-refractivity contribution in [2.24, 2.45) is 16.9 Å². The zero-order chi connectivity index (χ0) is 8.48. The Morgan fingerprint density at radius 2 is 2.00 bits per heavy atom. The van der Waals surface area contributed by atoms with E-state index in [1.807, 2.05) is 0 Å². The summed E-state index contributed by atoms with van der Waals surface area (Å²) in [5, 5.41) is 4.76. The van der Waals surface area contributed by atoms with Crippen molar-refractivity contribution < 1.29 is 8.42 Å². The van der Waals surface area contributed by atoms with Gasteiger partial charge < -0.3 is 0 Å². The lowest BCUT2D eigenvalue weighted by atomic mass is 10.3. The smallest absolute Gasteiger partial charge is 0.254 e. The summed E-state index contributed by atoms with van der Waals surface area (Å²) >= 11 is 0. The molecule has 1 fully saturated rings. The van der Waals surface area contributed by atoms with Gasteiger partial charge in [0.15, 0.2) is 0 Å². The molecule has 0 radical (unpaired) electrons. The number of rotatable bonds is 4. The second-order valence-electron chi connectivity index (χ2n) is 2.89. The van der Waals surface area contributed by atoms with E-state index in [1.165, 1.54) is 12.8 Å². The Morgan fingerprint density at radius 1 is 1.45 bits per heavy atom. The van der Waals surface area contributed by atoms with E-state index in [9.17, 15) is 8.42 Å². The Hall–Kier alpha value is -0.170. The fourth-order valence-corrected chi connectivity index (χ4v) is 1.20. The van der Waals surface area contributed by atoms with Gasteiger partial charge >= 0.3 is 0 Å². The third-order valence-corrected chi connectivity index (χ3v) is 2.62. The maximum Gasteiger partial charge on any atom is 0.289 e. The molecule has 0 aromatic heterocycles. The van der Waals surface area contributed by atoms with E-state index in [-0.39, 0.29) is 0 Å². The highest BCUT2D eigenvalue weighted by molar-refractivity contribution is 7.86. The van der Waals surface area contributed by atoms with E-state index in [1.54, 1.807) is 0 Å². The minimum atomic E-state index is -3.66. The van der Waals surface area contributed by atoms with Gasteiger partial charge in [-0.25, -0.2) is 5.14 Å². The Labute approximate surface area is 66.5 Å². The van der Waals surface area contributed by atoms with Crippen LogP contribution in [0.3, 0.4) is 0 Å². The minimum absolute atomic E-state index is 0.337. The first-order valence-electron chi connectivity index (χ1n) is 3.55. The fraction of sp³-hybridized carbons (Fsp3) is 1.00. The molecule has 6 heteroatoms. The van der Waals surface area contributed by atoms with Gasteiger partial charge in [-0.3, -0.25) is 5.84 Å². The van der Waals surface area contributed by atoms with E-state index in [4.69, 9.17) is 11.0 Å². The summed E-state index contributed by atoms with van der Waals surface area (Å²) in [6.07, 6.45) is 3.21. The molecule has 4 N–H and O–H groups in total. The van der Waals surface area contributed by atoms with Crippen LogP contribution in [0.25, 0.3) is 0 Å². The molecule has 11 heavy (non-hydrogen) atoms. The summed E-state index contributed by atoms with van der Waals surface area (Å²) in [7, 11) is -3.66. The van der Waals surface area contributed by atoms with Crippen LogP contribution in [0.1, 0.15) is 19.3 Å². The van der Waals surface area contributed by atoms with Crippen LogP contribution in [0.15, 0.2) is 0 Å². The van der Waals surface area contributed by atoms with Gasteiger partial charge in [0.1, 0.15) is 0 Å². The molecule has 5 nitrogen and oxygen atoms in total. The summed E-state index contributed by atoms with van der Waals surface area (Å²) in [4.78, 5) is 0. The molecule has 0 heterocycles. The average Bonchev–Trinajstić information content (AvgIpc) is 2.62. The van der Waals surface area contributed by atoms with Crippen molar-refractivity contribution in [2.45, 2.75) is 19.3 Å². The van der Waals surface area contributed by atoms with Crippen LogP contribution < -0.4 is 11.0 Å². The van der Waals surface area contributed by atoms with Crippen molar-refractivity contribution in [1.29, 1.82) is 0 Å². The molecule has 66 valence electrons. The molecule has 0 aliphatic heterocycles. The number of hydrazine groups is 1. The van der Waals surface area contributed by atoms with E-state index < -0.39 is 10.2 Å². The summed E-state index contributed by atoms with van der Waals surface area (Å²) in [5.41, 5.74) is 0. The lowest BCUT2D eigenvalue weighted by molar-refractivity contribution is 0.410. The van der Waals surface area contributed by atoms with E-state index in [0.717, 1.165) is 6.42 Å². The summed E-state index contributed by atoms with van der Waals surface area (Å²) < 4.78 is 21.8. The Bertz CT molecular complexity index is 222. The molecular weight excluding hydrogens is 166 g/mol. The Kier molecular flexibility index (Phi) is 2.48. The predicted octanol–water partition coefficient (Wildman–Crippen LogP) is -0.834. The summed E-state index contributed by atoms with van der Waals surface area (Å²) in [6.45, 7) is 0.337. The van der Waals surface area contributed by atoms with Crippen molar-refractivity contribution in [2.75, 3.05) is 6.54 Å². The molecule has 1 aliphatic rings. The molecule has 0 saturated heterocycles. The van der Waals surface area contributed by atoms with Crippen LogP contribution in [-0.4, -0.2) is 19.4 Å². The molecule has 0 unspecified atom stereocenters. The van der Waals surface area contributed by atoms with Crippen LogP contribution in [0.5, 0.6) is 0 Å². The molecule has 0 aromatic rings. The third-order valence-electron chi connectivity index (χ3n) is 1.78. The average molecular weight is 179 g/mol. The second kappa shape index (κ2) is 3.06. The molecule has 0 atom stereocenters. The molecule has 1 saturated carbocycles. The predicted molar refractivity (Wildman–Crippen MR) is 41.3 cm³/mol. The van der Waals surface area contributed by atoms with Gasteiger partial charge in [-0.1, -0.05) is 12.8 Å². The number of hydrogen-bond acceptors (Lipinski definition) is 3. The monoisotopic (exact) mass is 179 g/mol. The highest BCUT2D eigenvalue weighted by atomic mass is 32.2. The van der Waals surface area contributed by atoms with Gasteiger partial charge in [0.2, 0.25) is 0 Å². The molecule has 0 amide bonds. The van der Waals surface area contributed by atoms with Crippen molar-refractivity contribution in [1.82, 2.24) is 4.41 Å². The SMILES string of the molecule is NN(CCC1CC1)S(N)(=O)=O. The highest BCUT2D eigenvalue weighted by Crippen LogP contribution is 2.32. The lowest BCUT2D eigenvalue weighted by Crippen LogP contribution is -2.42. The Morgan fingerprint density at radius 3 is 2.36 bits per heavy atom. The minimum Gasteiger partial charge on any atom is -0.254 e. The zero-order valence-electron chi connectivity index (χ0n) is 6.23. The van der Waals surface area contributed by atoms with Crippen molar-refractivity contribution >= 4 is 10.2 Å². The largest absolute Gasteiger partial charge is 0.289 e. The highest BCUT2D eigenvalue weighted by Gasteiger charge is 2.23. The van der Waals surface area contributed by atoms with Crippen molar-refractivity contribution in [3.63, 3.8) is 0 Å². The van der Waals surface area contributed by atoms with Crippen LogP contribution in [0.4, 0.5) is 0 Å². The van der Waals surface area contributed by atoms with Crippen LogP contribution in [0.2, 0.25) is 0 Å². The molecule has 0 aromatic carbocycles. The normalized spacial score (nSPS) is 19.2. The van der Waals surface area contributed by atoms with Gasteiger partial charge in [-0.05, 0) is 12.3 Å². The van der Waals surface area contributed by atoms with Crippen LogP contribution in [0, 0.1) is 5.92 Å². The first-order chi connectivity index (χ1) is 5.00. The van der Waals surface area contributed by atoms with Crippen molar-refractivity contribution in [3.8, 4) is 0 Å². The van der Waals surface area contributed by atoms with Gasteiger partial charge in [-0.2, -0.15) is 8.42 Å². The maximum atomic E-state index is 10.5. The molecule has 1 aliphatic carbocycles. The van der Waals surface area contributed by atoms with Crippen molar-refractivity contribution in [3.05, 3.63) is 0 Å². The summed E-state index contributed by atoms with van der Waals surface area (Å²) in [6, 6.07) is 0. The standard InChI is InChI=1S/C5H13N3O2S/c6-8(11(7,9)10)4-3-5-1-2-5/h5H,1-4,6H2,(H2,7,9,10). The third kappa shape index (κ3) is 3.15. The van der Waals surface area contributed by atoms with Gasteiger partial charge in [0.05, 0.1) is 0 Å². The van der Waals surface area contributed by atoms with E-state index in [0.29, 0.717) is 16.9 Å². The van der Waals surface area contributed by atoms with Gasteiger partial charge in [-0.15, -0.1) is 4.41 Å². The quantitative estimate of drug-likeness (QED) is 0.436. The fourth-order valence-electron chi connectivity index (χ4n) is 0.844. The van der Waals surface area contributed by atoms with Crippen LogP contribution >= 0.6 is 0 Å². The maximum absolute atomic E-state index is 10.5. The molecule has 0 bridgehead atoms. The zero-order valence-corrected chi connectivity index (χ0v) is 7.05. The molecular formula is C5H13N3O2S. The first-order valence-corrected chi connectivity index (χ1v) is 5.05. The topological polar surface area (TPSA) is 89.4 Å². The van der Waals surface area contributed by atoms with Crippen LogP contribution in [-0.2, 0) is 10.2 Å². The number of nitrogens with two attached hydrogens (primary N) is 2. The van der Waals surface area contributed by atoms with E-state index in [2.05, 4.69) is 0 Å². The Balaban J connectivity index is 2.24. The molecule has 0 spiro atoms. The van der Waals surface area contributed by atoms with E-state index >= 15 is 0 Å². The lowest BCUT2D eigenvalue weighted by Gasteiger charge is -2.11. The number of hydrogen-bond donors (Lipinski definition) is 2. The number of nitrogens with zero attached hydrogens (tertiary/aromatic N) is 1.